The molecule has 1 heterocycles. The molecule has 8 heteroatoms. The van der Waals surface area contributed by atoms with Gasteiger partial charge in [0.05, 0.1) is 23.6 Å². The van der Waals surface area contributed by atoms with Gasteiger partial charge in [0, 0.05) is 21.8 Å². The molecule has 1 aromatic heterocycles. The van der Waals surface area contributed by atoms with Crippen LogP contribution in [-0.2, 0) is 6.54 Å². The molecule has 2 aromatic carbocycles. The van der Waals surface area contributed by atoms with Gasteiger partial charge in [-0.3, -0.25) is 9.48 Å². The Morgan fingerprint density at radius 1 is 1.17 bits per heavy atom. The van der Waals surface area contributed by atoms with Gasteiger partial charge in [-0.15, -0.1) is 0 Å². The van der Waals surface area contributed by atoms with Crippen LogP contribution in [0.3, 0.4) is 0 Å². The topological polar surface area (TPSA) is 59.0 Å². The van der Waals surface area contributed by atoms with Gasteiger partial charge in [-0.25, -0.2) is 4.39 Å². The number of hydrogen-bond donors (Lipinski definition) is 2. The predicted molar refractivity (Wildman–Crippen MR) is 119 cm³/mol. The number of Topliss-reactive ketones (excluding diaryl/α,β-unsaturated/α-hetero) is 1. The van der Waals surface area contributed by atoms with E-state index in [1.54, 1.807) is 41.1 Å². The highest BCUT2D eigenvalue weighted by Gasteiger charge is 2.16. The summed E-state index contributed by atoms with van der Waals surface area (Å²) in [7, 11) is 0. The van der Waals surface area contributed by atoms with Crippen molar-refractivity contribution in [2.45, 2.75) is 27.3 Å². The number of thiocarbonyl (C=S) groups is 1. The molecule has 150 valence electrons. The van der Waals surface area contributed by atoms with Crippen LogP contribution in [0.25, 0.3) is 0 Å². The zero-order chi connectivity index (χ0) is 21.1. The summed E-state index contributed by atoms with van der Waals surface area (Å²) in [5.41, 5.74) is 4.05. The number of aryl methyl sites for hydroxylation is 1. The van der Waals surface area contributed by atoms with Crippen LogP contribution in [0.5, 0.6) is 0 Å². The number of nitrogens with zero attached hydrogens (tertiary/aromatic N) is 2. The predicted octanol–water partition coefficient (Wildman–Crippen LogP) is 5.35. The van der Waals surface area contributed by atoms with Crippen molar-refractivity contribution in [1.82, 2.24) is 9.78 Å². The van der Waals surface area contributed by atoms with Crippen molar-refractivity contribution in [1.29, 1.82) is 0 Å². The number of rotatable bonds is 5. The molecule has 0 aliphatic rings. The average molecular weight is 431 g/mol. The summed E-state index contributed by atoms with van der Waals surface area (Å²) in [4.78, 5) is 11.4. The number of hydrogen-bond acceptors (Lipinski definition) is 3. The second-order valence-corrected chi connectivity index (χ2v) is 7.43. The number of aromatic nitrogens is 2. The Balaban J connectivity index is 1.74. The van der Waals surface area contributed by atoms with Crippen molar-refractivity contribution >= 4 is 46.1 Å². The van der Waals surface area contributed by atoms with Crippen molar-refractivity contribution in [2.24, 2.45) is 0 Å². The molecule has 0 bridgehead atoms. The minimum atomic E-state index is -0.370. The highest BCUT2D eigenvalue weighted by atomic mass is 35.5. The van der Waals surface area contributed by atoms with E-state index in [-0.39, 0.29) is 18.1 Å². The Morgan fingerprint density at radius 3 is 2.48 bits per heavy atom. The fourth-order valence-corrected chi connectivity index (χ4v) is 3.37. The third-order valence-corrected chi connectivity index (χ3v) is 5.10. The van der Waals surface area contributed by atoms with Gasteiger partial charge in [-0.2, -0.15) is 5.10 Å². The van der Waals surface area contributed by atoms with Crippen molar-refractivity contribution in [3.8, 4) is 0 Å². The maximum Gasteiger partial charge on any atom is 0.175 e. The fourth-order valence-electron chi connectivity index (χ4n) is 2.93. The van der Waals surface area contributed by atoms with Crippen molar-refractivity contribution in [3.63, 3.8) is 0 Å². The monoisotopic (exact) mass is 430 g/mol. The fraction of sp³-hybridized carbons (Fsp3) is 0.190. The van der Waals surface area contributed by atoms with Crippen LogP contribution in [0.4, 0.5) is 15.8 Å². The summed E-state index contributed by atoms with van der Waals surface area (Å²) in [6.07, 6.45) is 0. The van der Waals surface area contributed by atoms with E-state index in [2.05, 4.69) is 15.7 Å². The molecular weight excluding hydrogens is 411 g/mol. The number of ketones is 1. The molecule has 0 radical (unpaired) electrons. The first-order chi connectivity index (χ1) is 13.8. The smallest absolute Gasteiger partial charge is 0.175 e. The van der Waals surface area contributed by atoms with Crippen molar-refractivity contribution in [2.75, 3.05) is 10.6 Å². The standard InChI is InChI=1S/C21H20ClFN4OS/c1-12-20(25-21(29)24-16-9-7-15(8-10-16)14(3)28)13(2)27(26-12)11-17-18(22)5-4-6-19(17)23/h4-10H,11H2,1-3H3,(H2,24,25,29). The lowest BCUT2D eigenvalue weighted by atomic mass is 10.1. The SMILES string of the molecule is CC(=O)c1ccc(NC(=S)Nc2c(C)nn(Cc3c(F)cccc3Cl)c2C)cc1. The first kappa shape index (κ1) is 21.0. The van der Waals surface area contributed by atoms with E-state index in [4.69, 9.17) is 23.8 Å². The van der Waals surface area contributed by atoms with Crippen LogP contribution < -0.4 is 10.6 Å². The van der Waals surface area contributed by atoms with Crippen LogP contribution in [0.1, 0.15) is 34.2 Å². The summed E-state index contributed by atoms with van der Waals surface area (Å²) in [6, 6.07) is 11.6. The third-order valence-electron chi connectivity index (χ3n) is 4.54. The molecule has 0 aliphatic heterocycles. The summed E-state index contributed by atoms with van der Waals surface area (Å²) >= 11 is 11.5. The normalized spacial score (nSPS) is 10.7. The molecule has 5 nitrogen and oxygen atoms in total. The first-order valence-corrected chi connectivity index (χ1v) is 9.70. The lowest BCUT2D eigenvalue weighted by molar-refractivity contribution is 0.101. The van der Waals surface area contributed by atoms with E-state index in [1.165, 1.54) is 13.0 Å². The summed E-state index contributed by atoms with van der Waals surface area (Å²) in [6.45, 7) is 5.46. The lowest BCUT2D eigenvalue weighted by Gasteiger charge is -2.12. The number of halogens is 2. The molecule has 2 N–H and O–H groups in total. The number of carbonyl (C=O) groups excluding carboxylic acids is 1. The number of benzene rings is 2. The highest BCUT2D eigenvalue weighted by Crippen LogP contribution is 2.24. The minimum absolute atomic E-state index is 0.00544. The Bertz CT molecular complexity index is 1060. The van der Waals surface area contributed by atoms with Crippen LogP contribution in [0.15, 0.2) is 42.5 Å². The molecule has 0 unspecified atom stereocenters. The van der Waals surface area contributed by atoms with Crippen molar-refractivity contribution in [3.05, 3.63) is 75.8 Å². The Labute approximate surface area is 178 Å². The van der Waals surface area contributed by atoms with Gasteiger partial charge in [-0.1, -0.05) is 17.7 Å². The van der Waals surface area contributed by atoms with Crippen LogP contribution in [0.2, 0.25) is 5.02 Å². The van der Waals surface area contributed by atoms with E-state index in [9.17, 15) is 9.18 Å². The number of anilines is 2. The van der Waals surface area contributed by atoms with E-state index in [0.29, 0.717) is 21.3 Å². The highest BCUT2D eigenvalue weighted by molar-refractivity contribution is 7.80. The quantitative estimate of drug-likeness (QED) is 0.422. The Morgan fingerprint density at radius 2 is 1.86 bits per heavy atom. The van der Waals surface area contributed by atoms with Gasteiger partial charge in [0.25, 0.3) is 0 Å². The Hall–Kier alpha value is -2.77. The molecular formula is C21H20ClFN4OS. The summed E-state index contributed by atoms with van der Waals surface area (Å²) < 4.78 is 15.8. The first-order valence-electron chi connectivity index (χ1n) is 8.92. The molecule has 0 fully saturated rings. The summed E-state index contributed by atoms with van der Waals surface area (Å²) in [5.74, 6) is -0.364. The number of nitrogens with one attached hydrogen (secondary N) is 2. The van der Waals surface area contributed by atoms with E-state index in [1.807, 2.05) is 13.8 Å². The average Bonchev–Trinajstić information content (AvgIpc) is 2.92. The maximum absolute atomic E-state index is 14.1. The molecule has 0 spiro atoms. The summed E-state index contributed by atoms with van der Waals surface area (Å²) in [5, 5.41) is 11.4. The van der Waals surface area contributed by atoms with Crippen LogP contribution in [0, 0.1) is 19.7 Å². The lowest BCUT2D eigenvalue weighted by Crippen LogP contribution is -2.20. The van der Waals surface area contributed by atoms with Gasteiger partial charge in [0.1, 0.15) is 5.82 Å². The molecule has 3 rings (SSSR count). The Kier molecular flexibility index (Phi) is 6.30. The maximum atomic E-state index is 14.1. The van der Waals surface area contributed by atoms with E-state index in [0.717, 1.165) is 22.8 Å². The van der Waals surface area contributed by atoms with Gasteiger partial charge in [-0.05, 0) is 69.4 Å². The van der Waals surface area contributed by atoms with Crippen molar-refractivity contribution < 1.29 is 9.18 Å². The zero-order valence-corrected chi connectivity index (χ0v) is 17.8. The largest absolute Gasteiger partial charge is 0.332 e. The van der Waals surface area contributed by atoms with Crippen LogP contribution >= 0.6 is 23.8 Å². The van der Waals surface area contributed by atoms with Gasteiger partial charge in [0.15, 0.2) is 10.9 Å². The molecule has 3 aromatic rings. The zero-order valence-electron chi connectivity index (χ0n) is 16.2. The minimum Gasteiger partial charge on any atom is -0.332 e. The van der Waals surface area contributed by atoms with Crippen LogP contribution in [-0.4, -0.2) is 20.7 Å². The molecule has 0 aliphatic carbocycles. The van der Waals surface area contributed by atoms with Gasteiger partial charge in [0.2, 0.25) is 0 Å². The second-order valence-electron chi connectivity index (χ2n) is 6.62. The van der Waals surface area contributed by atoms with Gasteiger partial charge >= 0.3 is 0 Å². The second kappa shape index (κ2) is 8.71. The number of carbonyl (C=O) groups is 1. The molecule has 0 saturated carbocycles. The van der Waals surface area contributed by atoms with E-state index >= 15 is 0 Å². The molecule has 0 atom stereocenters. The molecule has 0 amide bonds. The van der Waals surface area contributed by atoms with Gasteiger partial charge < -0.3 is 10.6 Å². The molecule has 29 heavy (non-hydrogen) atoms. The third kappa shape index (κ3) is 4.81. The molecule has 0 saturated heterocycles. The van der Waals surface area contributed by atoms with E-state index < -0.39 is 0 Å².